The number of nitrogens with zero attached hydrogens (tertiary/aromatic N) is 3. The Morgan fingerprint density at radius 1 is 0.882 bits per heavy atom. The van der Waals surface area contributed by atoms with Gasteiger partial charge in [0, 0.05) is 63.3 Å². The van der Waals surface area contributed by atoms with Crippen molar-refractivity contribution in [3.8, 4) is 0 Å². The molecule has 0 saturated heterocycles. The highest BCUT2D eigenvalue weighted by atomic mass is 16.5. The molecule has 1 aromatic heterocycles. The van der Waals surface area contributed by atoms with Crippen LogP contribution in [0.1, 0.15) is 65.5 Å². The van der Waals surface area contributed by atoms with Crippen LogP contribution < -0.4 is 5.32 Å². The van der Waals surface area contributed by atoms with Gasteiger partial charge in [-0.2, -0.15) is 0 Å². The zero-order chi connectivity index (χ0) is 25.3. The summed E-state index contributed by atoms with van der Waals surface area (Å²) in [6, 6.07) is 0. The molecule has 0 aliphatic carbocycles. The SMILES string of the molecule is CC(C)C(=O)CCOCCCC(=O)Cn1cc(CCC(=O)NCCOCCC(=O)C(C)C)nn1. The van der Waals surface area contributed by atoms with Crippen molar-refractivity contribution in [3.05, 3.63) is 11.9 Å². The van der Waals surface area contributed by atoms with Crippen LogP contribution in [0.15, 0.2) is 6.20 Å². The fourth-order valence-electron chi connectivity index (χ4n) is 2.88. The average Bonchev–Trinajstić information content (AvgIpc) is 3.23. The van der Waals surface area contributed by atoms with E-state index in [2.05, 4.69) is 15.6 Å². The molecule has 0 unspecified atom stereocenters. The number of amides is 1. The van der Waals surface area contributed by atoms with Gasteiger partial charge in [-0.15, -0.1) is 5.10 Å². The number of carbonyl (C=O) groups excluding carboxylic acids is 4. The zero-order valence-electron chi connectivity index (χ0n) is 21.0. The average molecular weight is 481 g/mol. The number of hydrogen-bond acceptors (Lipinski definition) is 8. The van der Waals surface area contributed by atoms with Gasteiger partial charge in [-0.3, -0.25) is 19.2 Å². The highest BCUT2D eigenvalue weighted by molar-refractivity contribution is 5.80. The van der Waals surface area contributed by atoms with Crippen LogP contribution >= 0.6 is 0 Å². The van der Waals surface area contributed by atoms with E-state index in [-0.39, 0.29) is 48.1 Å². The predicted octanol–water partition coefficient (Wildman–Crippen LogP) is 1.94. The second-order valence-electron chi connectivity index (χ2n) is 8.87. The molecular formula is C24H40N4O6. The van der Waals surface area contributed by atoms with Crippen LogP contribution in [-0.4, -0.2) is 71.2 Å². The molecule has 0 aliphatic heterocycles. The van der Waals surface area contributed by atoms with Gasteiger partial charge in [0.1, 0.15) is 18.1 Å². The normalized spacial score (nSPS) is 11.2. The smallest absolute Gasteiger partial charge is 0.220 e. The van der Waals surface area contributed by atoms with Gasteiger partial charge in [0.25, 0.3) is 0 Å². The first-order valence-electron chi connectivity index (χ1n) is 12.1. The largest absolute Gasteiger partial charge is 0.381 e. The number of rotatable bonds is 20. The van der Waals surface area contributed by atoms with E-state index in [1.54, 1.807) is 6.20 Å². The predicted molar refractivity (Wildman–Crippen MR) is 126 cm³/mol. The summed E-state index contributed by atoms with van der Waals surface area (Å²) in [7, 11) is 0. The Labute approximate surface area is 202 Å². The first kappa shape index (κ1) is 29.6. The number of Topliss-reactive ketones (excluding diaryl/α,β-unsaturated/α-hetero) is 3. The molecule has 1 heterocycles. The van der Waals surface area contributed by atoms with Crippen LogP contribution in [0.2, 0.25) is 0 Å². The van der Waals surface area contributed by atoms with Crippen molar-refractivity contribution in [1.82, 2.24) is 20.3 Å². The minimum Gasteiger partial charge on any atom is -0.381 e. The number of hydrogen-bond donors (Lipinski definition) is 1. The van der Waals surface area contributed by atoms with Crippen LogP contribution in [0.3, 0.4) is 0 Å². The molecule has 34 heavy (non-hydrogen) atoms. The lowest BCUT2D eigenvalue weighted by atomic mass is 10.1. The van der Waals surface area contributed by atoms with Crippen molar-refractivity contribution in [2.45, 2.75) is 72.8 Å². The molecule has 1 amide bonds. The molecule has 0 atom stereocenters. The maximum absolute atomic E-state index is 12.1. The first-order chi connectivity index (χ1) is 16.2. The van der Waals surface area contributed by atoms with Crippen molar-refractivity contribution >= 4 is 23.3 Å². The monoisotopic (exact) mass is 480 g/mol. The third-order valence-electron chi connectivity index (χ3n) is 5.12. The standard InChI is InChI=1S/C24H40N4O6/c1-18(2)22(30)9-13-33-12-5-6-21(29)17-28-16-20(26-27-28)7-8-24(32)25-11-15-34-14-10-23(31)19(3)4/h16,18-19H,5-15,17H2,1-4H3,(H,25,32). The molecule has 0 saturated carbocycles. The zero-order valence-corrected chi connectivity index (χ0v) is 21.0. The Bertz CT molecular complexity index is 775. The summed E-state index contributed by atoms with van der Waals surface area (Å²) in [5.74, 6) is 0.269. The summed E-state index contributed by atoms with van der Waals surface area (Å²) in [4.78, 5) is 47.0. The van der Waals surface area contributed by atoms with Gasteiger partial charge in [-0.05, 0) is 6.42 Å². The van der Waals surface area contributed by atoms with Gasteiger partial charge >= 0.3 is 0 Å². The molecular weight excluding hydrogens is 440 g/mol. The molecule has 10 heteroatoms. The molecule has 1 N–H and O–H groups in total. The summed E-state index contributed by atoms with van der Waals surface area (Å²) < 4.78 is 12.2. The molecule has 0 aliphatic rings. The van der Waals surface area contributed by atoms with E-state index in [1.807, 2.05) is 27.7 Å². The molecule has 1 rings (SSSR count). The summed E-state index contributed by atoms with van der Waals surface area (Å²) in [5.41, 5.74) is 0.643. The number of nitrogens with one attached hydrogen (secondary N) is 1. The lowest BCUT2D eigenvalue weighted by Crippen LogP contribution is -2.27. The fraction of sp³-hybridized carbons (Fsp3) is 0.750. The molecule has 0 spiro atoms. The second kappa shape index (κ2) is 17.0. The molecule has 0 radical (unpaired) electrons. The Kier molecular flexibility index (Phi) is 14.8. The minimum absolute atomic E-state index is 0.0114. The third kappa shape index (κ3) is 13.9. The van der Waals surface area contributed by atoms with Gasteiger partial charge in [-0.1, -0.05) is 32.9 Å². The number of carbonyl (C=O) groups is 4. The molecule has 0 fully saturated rings. The van der Waals surface area contributed by atoms with Crippen molar-refractivity contribution < 1.29 is 28.7 Å². The Hall–Kier alpha value is -2.46. The van der Waals surface area contributed by atoms with E-state index >= 15 is 0 Å². The highest BCUT2D eigenvalue weighted by Gasteiger charge is 2.10. The third-order valence-corrected chi connectivity index (χ3v) is 5.12. The summed E-state index contributed by atoms with van der Waals surface area (Å²) in [5, 5.41) is 10.7. The summed E-state index contributed by atoms with van der Waals surface area (Å²) in [6.07, 6.45) is 4.10. The lowest BCUT2D eigenvalue weighted by molar-refractivity contribution is -0.124. The van der Waals surface area contributed by atoms with Gasteiger partial charge in [-0.25, -0.2) is 4.68 Å². The topological polar surface area (TPSA) is 129 Å². The number of ether oxygens (including phenoxy) is 2. The van der Waals surface area contributed by atoms with E-state index in [0.29, 0.717) is 70.8 Å². The maximum atomic E-state index is 12.1. The Morgan fingerprint density at radius 3 is 2.12 bits per heavy atom. The van der Waals surface area contributed by atoms with E-state index < -0.39 is 0 Å². The lowest BCUT2D eigenvalue weighted by Gasteiger charge is -2.07. The Balaban J connectivity index is 2.10. The van der Waals surface area contributed by atoms with Crippen molar-refractivity contribution in [3.63, 3.8) is 0 Å². The Morgan fingerprint density at radius 2 is 1.50 bits per heavy atom. The second-order valence-corrected chi connectivity index (χ2v) is 8.87. The van der Waals surface area contributed by atoms with E-state index in [0.717, 1.165) is 0 Å². The van der Waals surface area contributed by atoms with Crippen molar-refractivity contribution in [2.75, 3.05) is 33.0 Å². The minimum atomic E-state index is -0.123. The summed E-state index contributed by atoms with van der Waals surface area (Å²) >= 11 is 0. The van der Waals surface area contributed by atoms with E-state index in [9.17, 15) is 19.2 Å². The van der Waals surface area contributed by atoms with Crippen molar-refractivity contribution in [1.29, 1.82) is 0 Å². The highest BCUT2D eigenvalue weighted by Crippen LogP contribution is 2.02. The number of aromatic nitrogens is 3. The molecule has 1 aromatic rings. The molecule has 0 bridgehead atoms. The van der Waals surface area contributed by atoms with Crippen LogP contribution in [0.5, 0.6) is 0 Å². The van der Waals surface area contributed by atoms with Crippen LogP contribution in [0, 0.1) is 11.8 Å². The molecule has 10 nitrogen and oxygen atoms in total. The van der Waals surface area contributed by atoms with Crippen molar-refractivity contribution in [2.24, 2.45) is 11.8 Å². The quantitative estimate of drug-likeness (QED) is 0.280. The first-order valence-corrected chi connectivity index (χ1v) is 12.1. The van der Waals surface area contributed by atoms with E-state index in [4.69, 9.17) is 9.47 Å². The van der Waals surface area contributed by atoms with Crippen LogP contribution in [0.25, 0.3) is 0 Å². The number of ketones is 3. The molecule has 0 aromatic carbocycles. The van der Waals surface area contributed by atoms with Gasteiger partial charge in [0.05, 0.1) is 25.5 Å². The fourth-order valence-corrected chi connectivity index (χ4v) is 2.88. The van der Waals surface area contributed by atoms with Gasteiger partial charge in [0.15, 0.2) is 5.78 Å². The van der Waals surface area contributed by atoms with Gasteiger partial charge in [0.2, 0.25) is 5.91 Å². The van der Waals surface area contributed by atoms with Gasteiger partial charge < -0.3 is 14.8 Å². The van der Waals surface area contributed by atoms with E-state index in [1.165, 1.54) is 4.68 Å². The number of aryl methyl sites for hydroxylation is 1. The summed E-state index contributed by atoms with van der Waals surface area (Å²) in [6.45, 7) is 9.50. The van der Waals surface area contributed by atoms with Crippen LogP contribution in [-0.2, 0) is 41.6 Å². The maximum Gasteiger partial charge on any atom is 0.220 e. The molecule has 192 valence electrons. The van der Waals surface area contributed by atoms with Crippen LogP contribution in [0.4, 0.5) is 0 Å².